The summed E-state index contributed by atoms with van der Waals surface area (Å²) in [6.45, 7) is 8.15. The number of aromatic nitrogens is 1. The quantitative estimate of drug-likeness (QED) is 0.660. The summed E-state index contributed by atoms with van der Waals surface area (Å²) in [7, 11) is 0. The highest BCUT2D eigenvalue weighted by molar-refractivity contribution is 5.71. The van der Waals surface area contributed by atoms with Crippen LogP contribution in [0, 0.1) is 0 Å². The summed E-state index contributed by atoms with van der Waals surface area (Å²) >= 11 is 0. The van der Waals surface area contributed by atoms with Crippen molar-refractivity contribution in [3.05, 3.63) is 48.3 Å². The molecule has 1 heteroatoms. The zero-order chi connectivity index (χ0) is 11.5. The average molecular weight is 203 g/mol. The number of hydrogen-bond acceptors (Lipinski definition) is 1. The summed E-state index contributed by atoms with van der Waals surface area (Å²) in [5.74, 6) is 0. The molecule has 1 aromatic rings. The van der Waals surface area contributed by atoms with Crippen molar-refractivity contribution < 1.29 is 0 Å². The topological polar surface area (TPSA) is 12.9 Å². The van der Waals surface area contributed by atoms with Gasteiger partial charge in [-0.3, -0.25) is 4.98 Å². The van der Waals surface area contributed by atoms with Crippen molar-refractivity contribution in [2.75, 3.05) is 0 Å². The molecule has 0 aromatic carbocycles. The molecule has 0 radical (unpaired) electrons. The lowest BCUT2D eigenvalue weighted by Gasteiger charge is -1.99. The Labute approximate surface area is 93.6 Å². The smallest absolute Gasteiger partial charge is 0.0698 e. The maximum absolute atomic E-state index is 4.30. The van der Waals surface area contributed by atoms with Crippen molar-refractivity contribution in [3.63, 3.8) is 0 Å². The highest BCUT2D eigenvalue weighted by atomic mass is 14.7. The minimum absolute atomic E-state index is 1.04. The van der Waals surface area contributed by atoms with Crippen molar-refractivity contribution in [2.24, 2.45) is 0 Å². The van der Waals surface area contributed by atoms with Crippen LogP contribution in [0.5, 0.6) is 0 Å². The van der Waals surface area contributed by atoms with E-state index in [0.717, 1.165) is 12.1 Å². The van der Waals surface area contributed by atoms with Gasteiger partial charge in [0.2, 0.25) is 0 Å². The summed E-state index contributed by atoms with van der Waals surface area (Å²) in [4.78, 5) is 4.30. The molecule has 0 amide bonds. The minimum Gasteiger partial charge on any atom is -0.256 e. The van der Waals surface area contributed by atoms with Crippen molar-refractivity contribution in [1.29, 1.82) is 0 Å². The second-order valence-electron chi connectivity index (χ2n) is 2.78. The van der Waals surface area contributed by atoms with Gasteiger partial charge in [0.05, 0.1) is 5.69 Å². The normalized spacial score (nSPS) is 11.1. The van der Waals surface area contributed by atoms with Gasteiger partial charge in [0.25, 0.3) is 0 Å². The molecule has 0 atom stereocenters. The molecule has 82 valence electrons. The van der Waals surface area contributed by atoms with E-state index in [1.54, 1.807) is 0 Å². The zero-order valence-corrected chi connectivity index (χ0v) is 10.2. The van der Waals surface area contributed by atoms with Gasteiger partial charge >= 0.3 is 0 Å². The molecule has 1 rings (SSSR count). The fraction of sp³-hybridized carbons (Fsp3) is 0.357. The number of hydrogen-bond donors (Lipinski definition) is 0. The van der Waals surface area contributed by atoms with Crippen LogP contribution >= 0.6 is 0 Å². The summed E-state index contributed by atoms with van der Waals surface area (Å²) in [5, 5.41) is 0. The first kappa shape index (κ1) is 13.6. The monoisotopic (exact) mass is 203 g/mol. The fourth-order valence-corrected chi connectivity index (χ4v) is 1.19. The Morgan fingerprint density at radius 3 is 2.53 bits per heavy atom. The number of pyridine rings is 1. The second kappa shape index (κ2) is 9.20. The van der Waals surface area contributed by atoms with Gasteiger partial charge in [-0.2, -0.15) is 0 Å². The van der Waals surface area contributed by atoms with Crippen LogP contribution in [0.2, 0.25) is 0 Å². The molecular formula is C14H21N. The molecule has 0 fully saturated rings. The molecule has 0 aliphatic carbocycles. The Balaban J connectivity index is 0.000000921. The van der Waals surface area contributed by atoms with E-state index in [1.165, 1.54) is 5.57 Å². The number of rotatable bonds is 3. The summed E-state index contributed by atoms with van der Waals surface area (Å²) in [5.41, 5.74) is 2.24. The highest BCUT2D eigenvalue weighted by Gasteiger charge is 1.95. The minimum atomic E-state index is 1.04. The summed E-state index contributed by atoms with van der Waals surface area (Å²) < 4.78 is 0. The van der Waals surface area contributed by atoms with Crippen LogP contribution in [-0.2, 0) is 0 Å². The van der Waals surface area contributed by atoms with E-state index in [4.69, 9.17) is 0 Å². The van der Waals surface area contributed by atoms with Crippen molar-refractivity contribution in [1.82, 2.24) is 4.98 Å². The maximum atomic E-state index is 4.30. The summed E-state index contributed by atoms with van der Waals surface area (Å²) in [6.07, 6.45) is 9.17. The predicted octanol–water partition coefficient (Wildman–Crippen LogP) is 4.48. The van der Waals surface area contributed by atoms with Crippen LogP contribution < -0.4 is 0 Å². The number of nitrogens with zero attached hydrogens (tertiary/aromatic N) is 1. The third-order valence-corrected chi connectivity index (χ3v) is 1.73. The van der Waals surface area contributed by atoms with E-state index >= 15 is 0 Å². The van der Waals surface area contributed by atoms with Gasteiger partial charge in [-0.15, -0.1) is 0 Å². The van der Waals surface area contributed by atoms with Gasteiger partial charge in [0.15, 0.2) is 0 Å². The Bertz CT molecular complexity index is 296. The van der Waals surface area contributed by atoms with E-state index in [-0.39, 0.29) is 0 Å². The maximum Gasteiger partial charge on any atom is 0.0698 e. The molecule has 0 aliphatic rings. The molecule has 1 aromatic heterocycles. The Hall–Kier alpha value is -1.37. The molecule has 0 saturated carbocycles. The molecule has 0 bridgehead atoms. The van der Waals surface area contributed by atoms with E-state index in [1.807, 2.05) is 51.2 Å². The third-order valence-electron chi connectivity index (χ3n) is 1.73. The van der Waals surface area contributed by atoms with Crippen LogP contribution in [0.15, 0.2) is 42.6 Å². The first-order valence-electron chi connectivity index (χ1n) is 5.62. The molecule has 0 aliphatic heterocycles. The van der Waals surface area contributed by atoms with E-state index in [0.29, 0.717) is 0 Å². The van der Waals surface area contributed by atoms with Crippen molar-refractivity contribution in [3.8, 4) is 0 Å². The van der Waals surface area contributed by atoms with Crippen LogP contribution in [0.1, 0.15) is 39.8 Å². The second-order valence-corrected chi connectivity index (χ2v) is 2.78. The van der Waals surface area contributed by atoms with Gasteiger partial charge in [-0.1, -0.05) is 45.1 Å². The first-order valence-corrected chi connectivity index (χ1v) is 5.62. The van der Waals surface area contributed by atoms with Gasteiger partial charge in [-0.25, -0.2) is 0 Å². The van der Waals surface area contributed by atoms with Gasteiger partial charge in [0, 0.05) is 6.20 Å². The largest absolute Gasteiger partial charge is 0.256 e. The van der Waals surface area contributed by atoms with Gasteiger partial charge < -0.3 is 0 Å². The first-order chi connectivity index (χ1) is 7.38. The molecule has 1 heterocycles. The Morgan fingerprint density at radius 1 is 1.33 bits per heavy atom. The van der Waals surface area contributed by atoms with Crippen molar-refractivity contribution in [2.45, 2.75) is 34.1 Å². The Kier molecular flexibility index (Phi) is 8.36. The van der Waals surface area contributed by atoms with Crippen LogP contribution in [0.4, 0.5) is 0 Å². The summed E-state index contributed by atoms with van der Waals surface area (Å²) in [6, 6.07) is 5.97. The van der Waals surface area contributed by atoms with Crippen molar-refractivity contribution >= 4 is 5.57 Å². The number of allylic oxidation sites excluding steroid dienone is 4. The fourth-order valence-electron chi connectivity index (χ4n) is 1.19. The molecule has 1 nitrogen and oxygen atoms in total. The third kappa shape index (κ3) is 5.16. The Morgan fingerprint density at radius 2 is 2.07 bits per heavy atom. The van der Waals surface area contributed by atoms with Gasteiger partial charge in [0.1, 0.15) is 0 Å². The van der Waals surface area contributed by atoms with E-state index in [2.05, 4.69) is 24.1 Å². The molecular weight excluding hydrogens is 182 g/mol. The predicted molar refractivity (Wildman–Crippen MR) is 68.7 cm³/mol. The lowest BCUT2D eigenvalue weighted by Crippen LogP contribution is -1.84. The van der Waals surface area contributed by atoms with E-state index in [9.17, 15) is 0 Å². The average Bonchev–Trinajstić information content (AvgIpc) is 2.33. The molecule has 0 saturated heterocycles. The molecule has 0 spiro atoms. The van der Waals surface area contributed by atoms with Crippen LogP contribution in [0.3, 0.4) is 0 Å². The molecule has 0 N–H and O–H groups in total. The molecule has 0 unspecified atom stereocenters. The highest BCUT2D eigenvalue weighted by Crippen LogP contribution is 2.13. The van der Waals surface area contributed by atoms with E-state index < -0.39 is 0 Å². The zero-order valence-electron chi connectivity index (χ0n) is 10.2. The lowest BCUT2D eigenvalue weighted by atomic mass is 10.1. The SMILES string of the molecule is C/C=C\C(=C/CC)c1ccccn1.CC. The lowest BCUT2D eigenvalue weighted by molar-refractivity contribution is 1.21. The van der Waals surface area contributed by atoms with Gasteiger partial charge in [-0.05, 0) is 31.1 Å². The standard InChI is InChI=1S/C12H15N.C2H6/c1-3-7-11(8-4-2)12-9-5-6-10-13-12;1-2/h3,5-10H,4H2,1-2H3;1-2H3/b7-3-,11-8+;. The van der Waals surface area contributed by atoms with Crippen LogP contribution in [0.25, 0.3) is 5.57 Å². The van der Waals surface area contributed by atoms with Crippen LogP contribution in [-0.4, -0.2) is 4.98 Å². The molecule has 15 heavy (non-hydrogen) atoms.